The Labute approximate surface area is 153 Å². The third-order valence-electron chi connectivity index (χ3n) is 4.01. The number of hydrogen-bond acceptors (Lipinski definition) is 5. The molecule has 2 aromatic carbocycles. The average Bonchev–Trinajstić information content (AvgIpc) is 3.41. The summed E-state index contributed by atoms with van der Waals surface area (Å²) in [5, 5.41) is 0. The molecular formula is C19H21NO5S. The minimum Gasteiger partial charge on any atom is -0.488 e. The van der Waals surface area contributed by atoms with Crippen LogP contribution in [0.25, 0.3) is 0 Å². The van der Waals surface area contributed by atoms with E-state index in [1.54, 1.807) is 37.3 Å². The van der Waals surface area contributed by atoms with Crippen molar-refractivity contribution in [2.24, 2.45) is 0 Å². The van der Waals surface area contributed by atoms with Gasteiger partial charge in [-0.15, -0.1) is 0 Å². The summed E-state index contributed by atoms with van der Waals surface area (Å²) in [4.78, 5) is 11.9. The standard InChI is InChI=1S/C19H21NO5S/c1-13-10-18(25-15-8-9-15)17(11-16(13)19(21)24-2)20-26(22,23)12-14-6-4-3-5-7-14/h3-7,10-11,15,20H,8-9,12H2,1-2H3. The first-order valence-electron chi connectivity index (χ1n) is 8.32. The Hall–Kier alpha value is -2.54. The topological polar surface area (TPSA) is 81.7 Å². The molecule has 1 fully saturated rings. The number of nitrogens with one attached hydrogen (secondary N) is 1. The van der Waals surface area contributed by atoms with Gasteiger partial charge in [0.2, 0.25) is 10.0 Å². The summed E-state index contributed by atoms with van der Waals surface area (Å²) >= 11 is 0. The van der Waals surface area contributed by atoms with Crippen molar-refractivity contribution in [2.75, 3.05) is 11.8 Å². The Morgan fingerprint density at radius 1 is 1.19 bits per heavy atom. The Morgan fingerprint density at radius 3 is 2.50 bits per heavy atom. The number of carbonyl (C=O) groups is 1. The number of esters is 1. The quantitative estimate of drug-likeness (QED) is 0.751. The van der Waals surface area contributed by atoms with Crippen LogP contribution in [0.2, 0.25) is 0 Å². The van der Waals surface area contributed by atoms with Crippen molar-refractivity contribution in [3.63, 3.8) is 0 Å². The van der Waals surface area contributed by atoms with Crippen molar-refractivity contribution in [3.05, 3.63) is 59.2 Å². The lowest BCUT2D eigenvalue weighted by Gasteiger charge is -2.16. The molecule has 0 saturated heterocycles. The summed E-state index contributed by atoms with van der Waals surface area (Å²) in [5.41, 5.74) is 1.88. The monoisotopic (exact) mass is 375 g/mol. The predicted octanol–water partition coefficient (Wildman–Crippen LogP) is 3.26. The molecule has 0 aromatic heterocycles. The lowest BCUT2D eigenvalue weighted by Crippen LogP contribution is -2.17. The van der Waals surface area contributed by atoms with Gasteiger partial charge in [0.1, 0.15) is 5.75 Å². The smallest absolute Gasteiger partial charge is 0.338 e. The minimum absolute atomic E-state index is 0.0933. The molecule has 26 heavy (non-hydrogen) atoms. The average molecular weight is 375 g/mol. The first-order valence-corrected chi connectivity index (χ1v) is 9.97. The number of benzene rings is 2. The number of sulfonamides is 1. The minimum atomic E-state index is -3.67. The lowest BCUT2D eigenvalue weighted by molar-refractivity contribution is 0.0600. The summed E-state index contributed by atoms with van der Waals surface area (Å²) in [7, 11) is -2.38. The summed E-state index contributed by atoms with van der Waals surface area (Å²) < 4.78 is 38.3. The number of hydrogen-bond donors (Lipinski definition) is 1. The molecule has 0 aliphatic heterocycles. The van der Waals surface area contributed by atoms with E-state index in [0.29, 0.717) is 22.4 Å². The Kier molecular flexibility index (Phi) is 5.18. The number of carbonyl (C=O) groups excluding carboxylic acids is 1. The molecule has 7 heteroatoms. The van der Waals surface area contributed by atoms with Crippen molar-refractivity contribution in [1.82, 2.24) is 0 Å². The van der Waals surface area contributed by atoms with Crippen LogP contribution >= 0.6 is 0 Å². The van der Waals surface area contributed by atoms with Gasteiger partial charge in [0.05, 0.1) is 30.2 Å². The van der Waals surface area contributed by atoms with Gasteiger partial charge in [0.15, 0.2) is 0 Å². The van der Waals surface area contributed by atoms with E-state index in [1.165, 1.54) is 13.2 Å². The second-order valence-electron chi connectivity index (χ2n) is 6.32. The molecule has 1 saturated carbocycles. The molecule has 0 spiro atoms. The Morgan fingerprint density at radius 2 is 1.88 bits per heavy atom. The van der Waals surface area contributed by atoms with Gasteiger partial charge in [-0.2, -0.15) is 0 Å². The van der Waals surface area contributed by atoms with Gasteiger partial charge < -0.3 is 9.47 Å². The molecule has 0 amide bonds. The fraction of sp³-hybridized carbons (Fsp3) is 0.316. The third-order valence-corrected chi connectivity index (χ3v) is 5.26. The zero-order chi connectivity index (χ0) is 18.7. The molecule has 0 radical (unpaired) electrons. The molecule has 0 unspecified atom stereocenters. The first kappa shape index (κ1) is 18.3. The van der Waals surface area contributed by atoms with Crippen LogP contribution in [0.15, 0.2) is 42.5 Å². The van der Waals surface area contributed by atoms with Crippen LogP contribution < -0.4 is 9.46 Å². The SMILES string of the molecule is COC(=O)c1cc(NS(=O)(=O)Cc2ccccc2)c(OC2CC2)cc1C. The summed E-state index contributed by atoms with van der Waals surface area (Å²) in [6, 6.07) is 12.0. The van der Waals surface area contributed by atoms with Crippen molar-refractivity contribution in [2.45, 2.75) is 31.6 Å². The maximum atomic E-state index is 12.6. The molecule has 0 atom stereocenters. The van der Waals surface area contributed by atoms with Crippen molar-refractivity contribution in [3.8, 4) is 5.75 Å². The number of methoxy groups -OCH3 is 1. The van der Waals surface area contributed by atoms with Crippen molar-refractivity contribution >= 4 is 21.7 Å². The van der Waals surface area contributed by atoms with Gasteiger partial charge in [-0.25, -0.2) is 13.2 Å². The van der Waals surface area contributed by atoms with E-state index >= 15 is 0 Å². The summed E-state index contributed by atoms with van der Waals surface area (Å²) in [6.07, 6.45) is 1.97. The highest BCUT2D eigenvalue weighted by atomic mass is 32.2. The van der Waals surface area contributed by atoms with Gasteiger partial charge in [-0.3, -0.25) is 4.72 Å². The van der Waals surface area contributed by atoms with Crippen LogP contribution in [-0.2, 0) is 20.5 Å². The normalized spacial score (nSPS) is 13.9. The molecular weight excluding hydrogens is 354 g/mol. The second-order valence-corrected chi connectivity index (χ2v) is 8.04. The van der Waals surface area contributed by atoms with Gasteiger partial charge in [-0.05, 0) is 43.0 Å². The lowest BCUT2D eigenvalue weighted by atomic mass is 10.1. The largest absolute Gasteiger partial charge is 0.488 e. The van der Waals surface area contributed by atoms with Crippen LogP contribution in [0.5, 0.6) is 5.75 Å². The molecule has 0 heterocycles. The summed E-state index contributed by atoms with van der Waals surface area (Å²) in [6.45, 7) is 1.76. The second kappa shape index (κ2) is 7.37. The molecule has 1 aliphatic rings. The number of rotatable bonds is 7. The van der Waals surface area contributed by atoms with Crippen molar-refractivity contribution < 1.29 is 22.7 Å². The van der Waals surface area contributed by atoms with E-state index in [4.69, 9.17) is 9.47 Å². The zero-order valence-electron chi connectivity index (χ0n) is 14.7. The van der Waals surface area contributed by atoms with E-state index < -0.39 is 16.0 Å². The maximum absolute atomic E-state index is 12.6. The van der Waals surface area contributed by atoms with Crippen molar-refractivity contribution in [1.29, 1.82) is 0 Å². The van der Waals surface area contributed by atoms with Crippen LogP contribution in [0.4, 0.5) is 5.69 Å². The van der Waals surface area contributed by atoms with Gasteiger partial charge in [0, 0.05) is 0 Å². The Balaban J connectivity index is 1.91. The molecule has 6 nitrogen and oxygen atoms in total. The molecule has 0 bridgehead atoms. The maximum Gasteiger partial charge on any atom is 0.338 e. The molecule has 1 aliphatic carbocycles. The van der Waals surface area contributed by atoms with E-state index in [-0.39, 0.29) is 17.5 Å². The van der Waals surface area contributed by atoms with E-state index in [1.807, 2.05) is 6.07 Å². The number of ether oxygens (including phenoxy) is 2. The summed E-state index contributed by atoms with van der Waals surface area (Å²) in [5.74, 6) is -0.267. The van der Waals surface area contributed by atoms with Crippen LogP contribution in [-0.4, -0.2) is 27.6 Å². The third kappa shape index (κ3) is 4.54. The Bertz CT molecular complexity index is 905. The van der Waals surface area contributed by atoms with Crippen LogP contribution in [0, 0.1) is 6.92 Å². The predicted molar refractivity (Wildman–Crippen MR) is 98.9 cm³/mol. The fourth-order valence-corrected chi connectivity index (χ4v) is 3.75. The number of aryl methyl sites for hydroxylation is 1. The van der Waals surface area contributed by atoms with Gasteiger partial charge in [-0.1, -0.05) is 30.3 Å². The molecule has 3 rings (SSSR count). The highest BCUT2D eigenvalue weighted by molar-refractivity contribution is 7.91. The highest BCUT2D eigenvalue weighted by Gasteiger charge is 2.27. The van der Waals surface area contributed by atoms with Crippen LogP contribution in [0.3, 0.4) is 0 Å². The fourth-order valence-electron chi connectivity index (χ4n) is 2.55. The van der Waals surface area contributed by atoms with Crippen LogP contribution in [0.1, 0.15) is 34.3 Å². The molecule has 2 aromatic rings. The first-order chi connectivity index (χ1) is 12.4. The number of anilines is 1. The van der Waals surface area contributed by atoms with E-state index in [9.17, 15) is 13.2 Å². The molecule has 138 valence electrons. The molecule has 1 N–H and O–H groups in total. The van der Waals surface area contributed by atoms with Gasteiger partial charge >= 0.3 is 5.97 Å². The van der Waals surface area contributed by atoms with E-state index in [0.717, 1.165) is 12.8 Å². The van der Waals surface area contributed by atoms with E-state index in [2.05, 4.69) is 4.72 Å². The zero-order valence-corrected chi connectivity index (χ0v) is 15.5. The van der Waals surface area contributed by atoms with Gasteiger partial charge in [0.25, 0.3) is 0 Å². The highest BCUT2D eigenvalue weighted by Crippen LogP contribution is 2.35.